The van der Waals surface area contributed by atoms with E-state index in [2.05, 4.69) is 10.6 Å². The third-order valence-electron chi connectivity index (χ3n) is 2.90. The van der Waals surface area contributed by atoms with Crippen LogP contribution in [0.3, 0.4) is 0 Å². The Hall–Kier alpha value is -1.55. The van der Waals surface area contributed by atoms with Crippen LogP contribution in [0, 0.1) is 0 Å². The van der Waals surface area contributed by atoms with Gasteiger partial charge < -0.3 is 15.7 Å². The summed E-state index contributed by atoms with van der Waals surface area (Å²) in [5, 5.41) is 15.8. The second kappa shape index (κ2) is 5.87. The first-order chi connectivity index (χ1) is 8.34. The van der Waals surface area contributed by atoms with E-state index in [0.29, 0.717) is 12.1 Å². The summed E-state index contributed by atoms with van der Waals surface area (Å²) in [6.07, 6.45) is 0. The molecule has 0 spiro atoms. The van der Waals surface area contributed by atoms with Gasteiger partial charge in [0.1, 0.15) is 0 Å². The Morgan fingerprint density at radius 1 is 1.44 bits per heavy atom. The zero-order valence-electron chi connectivity index (χ0n) is 11.4. The highest BCUT2D eigenvalue weighted by molar-refractivity contribution is 5.95. The zero-order chi connectivity index (χ0) is 13.8. The van der Waals surface area contributed by atoms with E-state index < -0.39 is 5.60 Å². The van der Waals surface area contributed by atoms with Crippen molar-refractivity contribution < 1.29 is 9.90 Å². The maximum absolute atomic E-state index is 11.7. The largest absolute Gasteiger partial charge is 0.388 e. The summed E-state index contributed by atoms with van der Waals surface area (Å²) in [5.41, 5.74) is 0.625. The van der Waals surface area contributed by atoms with Crippen molar-refractivity contribution in [3.63, 3.8) is 0 Å². The van der Waals surface area contributed by atoms with E-state index in [1.54, 1.807) is 26.0 Å². The Labute approximate surface area is 108 Å². The van der Waals surface area contributed by atoms with Crippen LogP contribution in [0.25, 0.3) is 0 Å². The standard InChI is InChI=1S/C14H22N2O2/c1-5-15-13(17)11-7-6-8-12(9-11)16-10(2)14(3,4)18/h6-10,16,18H,5H2,1-4H3,(H,15,17). The molecular weight excluding hydrogens is 228 g/mol. The van der Waals surface area contributed by atoms with Crippen LogP contribution in [0.4, 0.5) is 5.69 Å². The van der Waals surface area contributed by atoms with Crippen LogP contribution in [0.2, 0.25) is 0 Å². The quantitative estimate of drug-likeness (QED) is 0.749. The molecule has 1 amide bonds. The van der Waals surface area contributed by atoms with Crippen molar-refractivity contribution >= 4 is 11.6 Å². The van der Waals surface area contributed by atoms with Gasteiger partial charge in [-0.2, -0.15) is 0 Å². The first kappa shape index (κ1) is 14.5. The molecule has 3 N–H and O–H groups in total. The molecule has 0 aliphatic heterocycles. The number of amides is 1. The lowest BCUT2D eigenvalue weighted by atomic mass is 10.0. The van der Waals surface area contributed by atoms with Gasteiger partial charge >= 0.3 is 0 Å². The summed E-state index contributed by atoms with van der Waals surface area (Å²) in [7, 11) is 0. The summed E-state index contributed by atoms with van der Waals surface area (Å²) < 4.78 is 0. The number of carbonyl (C=O) groups is 1. The van der Waals surface area contributed by atoms with Crippen molar-refractivity contribution in [3.8, 4) is 0 Å². The van der Waals surface area contributed by atoms with Crippen LogP contribution in [0.1, 0.15) is 38.1 Å². The molecule has 1 atom stereocenters. The lowest BCUT2D eigenvalue weighted by Crippen LogP contribution is -2.39. The summed E-state index contributed by atoms with van der Waals surface area (Å²) >= 11 is 0. The Morgan fingerprint density at radius 3 is 2.67 bits per heavy atom. The molecule has 18 heavy (non-hydrogen) atoms. The highest BCUT2D eigenvalue weighted by Gasteiger charge is 2.22. The van der Waals surface area contributed by atoms with E-state index in [9.17, 15) is 9.90 Å². The van der Waals surface area contributed by atoms with E-state index in [4.69, 9.17) is 0 Å². The normalized spacial score (nSPS) is 12.9. The van der Waals surface area contributed by atoms with Crippen molar-refractivity contribution in [2.75, 3.05) is 11.9 Å². The average molecular weight is 250 g/mol. The molecule has 0 bridgehead atoms. The minimum atomic E-state index is -0.818. The highest BCUT2D eigenvalue weighted by atomic mass is 16.3. The number of aliphatic hydroxyl groups is 1. The zero-order valence-corrected chi connectivity index (χ0v) is 11.4. The first-order valence-electron chi connectivity index (χ1n) is 6.21. The molecule has 0 saturated heterocycles. The van der Waals surface area contributed by atoms with Gasteiger partial charge in [-0.25, -0.2) is 0 Å². The van der Waals surface area contributed by atoms with Crippen molar-refractivity contribution in [2.45, 2.75) is 39.3 Å². The van der Waals surface area contributed by atoms with Crippen molar-refractivity contribution in [2.24, 2.45) is 0 Å². The molecule has 1 aromatic rings. The van der Waals surface area contributed by atoms with Gasteiger partial charge in [-0.15, -0.1) is 0 Å². The monoisotopic (exact) mass is 250 g/mol. The number of carbonyl (C=O) groups excluding carboxylic acids is 1. The number of benzene rings is 1. The van der Waals surface area contributed by atoms with Crippen LogP contribution in [-0.2, 0) is 0 Å². The third-order valence-corrected chi connectivity index (χ3v) is 2.90. The lowest BCUT2D eigenvalue weighted by molar-refractivity contribution is 0.0649. The molecule has 0 aromatic heterocycles. The molecule has 0 radical (unpaired) electrons. The Kier molecular flexibility index (Phi) is 4.73. The van der Waals surface area contributed by atoms with Crippen molar-refractivity contribution in [1.29, 1.82) is 0 Å². The first-order valence-corrected chi connectivity index (χ1v) is 6.21. The summed E-state index contributed by atoms with van der Waals surface area (Å²) in [6.45, 7) is 7.89. The maximum Gasteiger partial charge on any atom is 0.251 e. The number of anilines is 1. The molecule has 0 heterocycles. The Morgan fingerprint density at radius 2 is 2.11 bits per heavy atom. The predicted octanol–water partition coefficient (Wildman–Crippen LogP) is 2.01. The smallest absolute Gasteiger partial charge is 0.251 e. The molecule has 1 rings (SSSR count). The van der Waals surface area contributed by atoms with Gasteiger partial charge in [-0.3, -0.25) is 4.79 Å². The van der Waals surface area contributed by atoms with E-state index in [0.717, 1.165) is 5.69 Å². The SMILES string of the molecule is CCNC(=O)c1cccc(NC(C)C(C)(C)O)c1. The average Bonchev–Trinajstić information content (AvgIpc) is 2.28. The second-order valence-electron chi connectivity index (χ2n) is 4.96. The van der Waals surface area contributed by atoms with Crippen LogP contribution in [0.15, 0.2) is 24.3 Å². The van der Waals surface area contributed by atoms with E-state index in [1.807, 2.05) is 26.0 Å². The number of hydrogen-bond acceptors (Lipinski definition) is 3. The number of nitrogens with one attached hydrogen (secondary N) is 2. The van der Waals surface area contributed by atoms with Gasteiger partial charge in [-0.05, 0) is 45.9 Å². The number of hydrogen-bond donors (Lipinski definition) is 3. The second-order valence-corrected chi connectivity index (χ2v) is 4.96. The topological polar surface area (TPSA) is 61.4 Å². The summed E-state index contributed by atoms with van der Waals surface area (Å²) in [5.74, 6) is -0.0861. The summed E-state index contributed by atoms with van der Waals surface area (Å²) in [6, 6.07) is 7.15. The van der Waals surface area contributed by atoms with Crippen LogP contribution in [0.5, 0.6) is 0 Å². The molecular formula is C14H22N2O2. The van der Waals surface area contributed by atoms with Gasteiger partial charge in [0.25, 0.3) is 5.91 Å². The van der Waals surface area contributed by atoms with Gasteiger partial charge in [0.15, 0.2) is 0 Å². The molecule has 4 heteroatoms. The van der Waals surface area contributed by atoms with E-state index in [1.165, 1.54) is 0 Å². The van der Waals surface area contributed by atoms with Crippen molar-refractivity contribution in [1.82, 2.24) is 5.32 Å². The minimum absolute atomic E-state index is 0.0861. The molecule has 0 aliphatic rings. The minimum Gasteiger partial charge on any atom is -0.388 e. The molecule has 1 aromatic carbocycles. The van der Waals surface area contributed by atoms with Crippen LogP contribution in [-0.4, -0.2) is 29.2 Å². The molecule has 0 saturated carbocycles. The lowest BCUT2D eigenvalue weighted by Gasteiger charge is -2.27. The summed E-state index contributed by atoms with van der Waals surface area (Å²) in [4.78, 5) is 11.7. The molecule has 0 aliphatic carbocycles. The number of rotatable bonds is 5. The molecule has 0 fully saturated rings. The fraction of sp³-hybridized carbons (Fsp3) is 0.500. The fourth-order valence-corrected chi connectivity index (χ4v) is 1.44. The van der Waals surface area contributed by atoms with Gasteiger partial charge in [0.2, 0.25) is 0 Å². The van der Waals surface area contributed by atoms with Gasteiger partial charge in [0, 0.05) is 17.8 Å². The Balaban J connectivity index is 2.80. The van der Waals surface area contributed by atoms with Crippen LogP contribution >= 0.6 is 0 Å². The molecule has 100 valence electrons. The van der Waals surface area contributed by atoms with E-state index >= 15 is 0 Å². The Bertz CT molecular complexity index is 411. The maximum atomic E-state index is 11.7. The fourth-order valence-electron chi connectivity index (χ4n) is 1.44. The predicted molar refractivity (Wildman–Crippen MR) is 73.8 cm³/mol. The van der Waals surface area contributed by atoms with Gasteiger partial charge in [0.05, 0.1) is 11.6 Å². The third kappa shape index (κ3) is 4.04. The van der Waals surface area contributed by atoms with Crippen LogP contribution < -0.4 is 10.6 Å². The molecule has 1 unspecified atom stereocenters. The van der Waals surface area contributed by atoms with Crippen molar-refractivity contribution in [3.05, 3.63) is 29.8 Å². The highest BCUT2D eigenvalue weighted by Crippen LogP contribution is 2.16. The van der Waals surface area contributed by atoms with Gasteiger partial charge in [-0.1, -0.05) is 6.07 Å². The van der Waals surface area contributed by atoms with E-state index in [-0.39, 0.29) is 11.9 Å². The molecule has 4 nitrogen and oxygen atoms in total.